The molecule has 0 atom stereocenters. The molecule has 0 aliphatic carbocycles. The van der Waals surface area contributed by atoms with Crippen LogP contribution in [0.15, 0.2) is 121 Å². The number of hydrogen-bond acceptors (Lipinski definition) is 10. The van der Waals surface area contributed by atoms with E-state index in [9.17, 15) is 33.1 Å². The van der Waals surface area contributed by atoms with Crippen molar-refractivity contribution in [3.05, 3.63) is 166 Å². The third-order valence-electron chi connectivity index (χ3n) is 10.7. The van der Waals surface area contributed by atoms with Gasteiger partial charge in [0.15, 0.2) is 46.1 Å². The van der Waals surface area contributed by atoms with Crippen molar-refractivity contribution in [2.45, 2.75) is 39.5 Å². The zero-order valence-electron chi connectivity index (χ0n) is 36.0. The Kier molecular flexibility index (Phi) is 14.4. The summed E-state index contributed by atoms with van der Waals surface area (Å²) in [6, 6.07) is 32.5. The molecule has 8 rings (SSSR count). The Bertz CT molecular complexity index is 2670. The van der Waals surface area contributed by atoms with Crippen LogP contribution in [0.5, 0.6) is 46.0 Å². The Balaban J connectivity index is 0.000000194. The van der Waals surface area contributed by atoms with Gasteiger partial charge in [-0.1, -0.05) is 50.2 Å². The number of aryl methyl sites for hydroxylation is 2. The van der Waals surface area contributed by atoms with Crippen LogP contribution in [0.2, 0.25) is 0 Å². The Morgan fingerprint density at radius 1 is 0.492 bits per heavy atom. The number of rotatable bonds is 17. The zero-order chi connectivity index (χ0) is 46.0. The molecule has 0 unspecified atom stereocenters. The van der Waals surface area contributed by atoms with Crippen LogP contribution >= 0.6 is 0 Å². The number of phenolic OH excluding ortho intramolecular Hbond substituents is 1. The first-order valence-corrected chi connectivity index (χ1v) is 21.1. The summed E-state index contributed by atoms with van der Waals surface area (Å²) in [5.74, 6) is -0.746. The highest BCUT2D eigenvalue weighted by atomic mass is 19.1. The van der Waals surface area contributed by atoms with Crippen molar-refractivity contribution >= 4 is 23.6 Å². The molecule has 0 radical (unpaired) electrons. The lowest BCUT2D eigenvalue weighted by Crippen LogP contribution is -2.31. The van der Waals surface area contributed by atoms with Gasteiger partial charge in [-0.2, -0.15) is 0 Å². The van der Waals surface area contributed by atoms with Gasteiger partial charge in [0.1, 0.15) is 11.5 Å². The molecule has 1 N–H and O–H groups in total. The van der Waals surface area contributed by atoms with Crippen LogP contribution in [0.25, 0.3) is 0 Å². The monoisotopic (exact) mass is 884 g/mol. The molecule has 0 saturated heterocycles. The number of imide groups is 2. The van der Waals surface area contributed by atoms with E-state index in [0.717, 1.165) is 24.0 Å². The molecule has 4 amide bonds. The van der Waals surface area contributed by atoms with Gasteiger partial charge in [-0.25, -0.2) is 8.78 Å². The maximum absolute atomic E-state index is 14.6. The van der Waals surface area contributed by atoms with E-state index in [0.29, 0.717) is 58.1 Å². The van der Waals surface area contributed by atoms with Crippen LogP contribution in [0.3, 0.4) is 0 Å². The fraction of sp³-hybridized carbons (Fsp3) is 0.216. The van der Waals surface area contributed by atoms with E-state index >= 15 is 0 Å². The van der Waals surface area contributed by atoms with Gasteiger partial charge in [0.2, 0.25) is 0 Å². The maximum Gasteiger partial charge on any atom is 0.261 e. The Morgan fingerprint density at radius 2 is 0.892 bits per heavy atom. The fourth-order valence-electron chi connectivity index (χ4n) is 7.14. The molecule has 0 saturated carbocycles. The van der Waals surface area contributed by atoms with E-state index in [2.05, 4.69) is 0 Å². The Hall–Kier alpha value is -7.74. The topological polar surface area (TPSA) is 141 Å². The van der Waals surface area contributed by atoms with Gasteiger partial charge in [0.05, 0.1) is 42.6 Å². The normalized spacial score (nSPS) is 12.7. The number of carbonyl (C=O) groups excluding carboxylic acids is 4. The highest BCUT2D eigenvalue weighted by Gasteiger charge is 2.35. The molecule has 0 fully saturated rings. The van der Waals surface area contributed by atoms with Gasteiger partial charge < -0.3 is 28.8 Å². The lowest BCUT2D eigenvalue weighted by atomic mass is 10.1. The second kappa shape index (κ2) is 20.6. The number of methoxy groups -OCH3 is 1. The molecule has 14 heteroatoms. The minimum absolute atomic E-state index is 0.0390. The van der Waals surface area contributed by atoms with Gasteiger partial charge in [0.25, 0.3) is 23.6 Å². The molecule has 2 aliphatic heterocycles. The largest absolute Gasteiger partial charge is 0.504 e. The summed E-state index contributed by atoms with van der Waals surface area (Å²) in [7, 11) is 1.54. The highest BCUT2D eigenvalue weighted by Crippen LogP contribution is 2.36. The van der Waals surface area contributed by atoms with Crippen LogP contribution in [0.1, 0.15) is 79.2 Å². The van der Waals surface area contributed by atoms with Gasteiger partial charge in [-0.15, -0.1) is 0 Å². The zero-order valence-corrected chi connectivity index (χ0v) is 36.0. The predicted octanol–water partition coefficient (Wildman–Crippen LogP) is 10.2. The first-order chi connectivity index (χ1) is 31.5. The van der Waals surface area contributed by atoms with E-state index < -0.39 is 11.6 Å². The molecule has 0 bridgehead atoms. The SMILES string of the molecule is CCc1ccc(Oc2ccc(OCCCN3C(=O)c4ccccc4C3=O)cc2F)c(O)c1.CCc1ccc(Oc2ccc(OCCCN3C(=O)c4ccccc4C3=O)cc2F)c(OC)c1. The van der Waals surface area contributed by atoms with Gasteiger partial charge in [-0.05, 0) is 110 Å². The molecule has 0 spiro atoms. The number of nitrogens with zero attached hydrogens (tertiary/aromatic N) is 2. The third-order valence-corrected chi connectivity index (χ3v) is 10.7. The Labute approximate surface area is 374 Å². The van der Waals surface area contributed by atoms with Gasteiger partial charge in [0, 0.05) is 25.2 Å². The van der Waals surface area contributed by atoms with E-state index in [1.165, 1.54) is 41.2 Å². The van der Waals surface area contributed by atoms with Crippen molar-refractivity contribution in [2.75, 3.05) is 33.4 Å². The van der Waals surface area contributed by atoms with Crippen LogP contribution in [-0.4, -0.2) is 71.9 Å². The number of halogens is 2. The summed E-state index contributed by atoms with van der Waals surface area (Å²) >= 11 is 0. The summed E-state index contributed by atoms with van der Waals surface area (Å²) in [5.41, 5.74) is 3.69. The number of phenols is 1. The fourth-order valence-corrected chi connectivity index (χ4v) is 7.14. The predicted molar refractivity (Wildman–Crippen MR) is 237 cm³/mol. The van der Waals surface area contributed by atoms with Crippen molar-refractivity contribution < 1.29 is 56.7 Å². The number of hydrogen-bond donors (Lipinski definition) is 1. The third kappa shape index (κ3) is 10.4. The number of amides is 4. The number of fused-ring (bicyclic) bond motifs is 2. The molecule has 65 heavy (non-hydrogen) atoms. The maximum atomic E-state index is 14.6. The van der Waals surface area contributed by atoms with E-state index in [-0.39, 0.29) is 72.9 Å². The molecular formula is C51H46F2N2O10. The van der Waals surface area contributed by atoms with Crippen molar-refractivity contribution in [3.63, 3.8) is 0 Å². The van der Waals surface area contributed by atoms with Crippen LogP contribution in [0, 0.1) is 11.6 Å². The summed E-state index contributed by atoms with van der Waals surface area (Å²) in [4.78, 5) is 51.9. The van der Waals surface area contributed by atoms with Crippen molar-refractivity contribution in [1.29, 1.82) is 0 Å². The molecule has 6 aromatic carbocycles. The molecule has 0 aromatic heterocycles. The molecule has 2 heterocycles. The second-order valence-corrected chi connectivity index (χ2v) is 14.9. The first kappa shape index (κ1) is 45.3. The molecular weight excluding hydrogens is 839 g/mol. The van der Waals surface area contributed by atoms with Crippen molar-refractivity contribution in [2.24, 2.45) is 0 Å². The van der Waals surface area contributed by atoms with Crippen LogP contribution in [-0.2, 0) is 12.8 Å². The number of aromatic hydroxyl groups is 1. The number of benzene rings is 6. The van der Waals surface area contributed by atoms with E-state index in [1.807, 2.05) is 26.0 Å². The van der Waals surface area contributed by atoms with Crippen LogP contribution in [0.4, 0.5) is 8.78 Å². The summed E-state index contributed by atoms with van der Waals surface area (Å²) in [5, 5.41) is 10.0. The highest BCUT2D eigenvalue weighted by molar-refractivity contribution is 6.22. The van der Waals surface area contributed by atoms with Crippen molar-refractivity contribution in [3.8, 4) is 46.0 Å². The lowest BCUT2D eigenvalue weighted by Gasteiger charge is -2.15. The van der Waals surface area contributed by atoms with Crippen molar-refractivity contribution in [1.82, 2.24) is 9.80 Å². The number of ether oxygens (including phenoxy) is 5. The summed E-state index contributed by atoms with van der Waals surface area (Å²) in [6.07, 6.45) is 2.45. The molecule has 334 valence electrons. The standard InChI is InChI=1S/C26H24FNO5.C25H22FNO5/c1-3-17-9-11-23(24(15-17)31-2)33-22-12-10-18(16-21(22)27)32-14-6-13-28-25(29)19-7-4-5-8-20(19)26(28)30;1-2-16-8-10-23(21(28)14-16)32-22-11-9-17(15-20(22)26)31-13-5-12-27-24(29)18-6-3-4-7-19(18)25(27)30/h4-5,7-12,15-16H,3,6,13-14H2,1-2H3;3-4,6-11,14-15,28H,2,5,12-13H2,1H3. The average molecular weight is 885 g/mol. The molecule has 6 aromatic rings. The summed E-state index contributed by atoms with van der Waals surface area (Å²) < 4.78 is 56.7. The quantitative estimate of drug-likeness (QED) is 0.0695. The minimum atomic E-state index is -0.637. The lowest BCUT2D eigenvalue weighted by molar-refractivity contribution is 0.0630. The first-order valence-electron chi connectivity index (χ1n) is 21.1. The second-order valence-electron chi connectivity index (χ2n) is 14.9. The minimum Gasteiger partial charge on any atom is -0.504 e. The Morgan fingerprint density at radius 3 is 1.29 bits per heavy atom. The van der Waals surface area contributed by atoms with Crippen LogP contribution < -0.4 is 23.7 Å². The number of carbonyl (C=O) groups is 4. The summed E-state index contributed by atoms with van der Waals surface area (Å²) in [6.45, 7) is 4.86. The van der Waals surface area contributed by atoms with Gasteiger partial charge in [-0.3, -0.25) is 29.0 Å². The molecule has 2 aliphatic rings. The smallest absolute Gasteiger partial charge is 0.261 e. The molecule has 12 nitrogen and oxygen atoms in total. The van der Waals surface area contributed by atoms with Gasteiger partial charge >= 0.3 is 0 Å². The van der Waals surface area contributed by atoms with E-state index in [1.54, 1.807) is 84.9 Å². The van der Waals surface area contributed by atoms with E-state index in [4.69, 9.17) is 23.7 Å². The average Bonchev–Trinajstić information content (AvgIpc) is 3.71.